The van der Waals surface area contributed by atoms with Crippen LogP contribution in [0.5, 0.6) is 0 Å². The Morgan fingerprint density at radius 2 is 1.72 bits per heavy atom. The minimum absolute atomic E-state index is 0.0895. The van der Waals surface area contributed by atoms with Gasteiger partial charge in [0.15, 0.2) is 0 Å². The molecule has 2 aromatic carbocycles. The number of benzene rings is 2. The third-order valence-corrected chi connectivity index (χ3v) is 5.69. The molecule has 29 heavy (non-hydrogen) atoms. The number of pyridine rings is 1. The summed E-state index contributed by atoms with van der Waals surface area (Å²) in [6, 6.07) is 16.2. The van der Waals surface area contributed by atoms with Crippen LogP contribution >= 0.6 is 0 Å². The van der Waals surface area contributed by atoms with Gasteiger partial charge in [0, 0.05) is 6.20 Å². The third kappa shape index (κ3) is 5.46. The van der Waals surface area contributed by atoms with Crippen LogP contribution in [0.1, 0.15) is 11.1 Å². The Morgan fingerprint density at radius 1 is 1.03 bits per heavy atom. The van der Waals surface area contributed by atoms with Gasteiger partial charge in [0.05, 0.1) is 0 Å². The van der Waals surface area contributed by atoms with Gasteiger partial charge in [-0.2, -0.15) is 4.72 Å². The number of aromatic nitrogens is 1. The Balaban J connectivity index is 1.87. The standard InChI is InChI=1S/C21H20FN3O3S/c1-15-11-12-20(23-14-15)24-21(26)18(13-16-7-3-2-4-8-16)25-29(27,28)19-10-6-5-9-17(19)22/h2-12,14,18,25H,13H2,1H3,(H,23,24,26). The van der Waals surface area contributed by atoms with Gasteiger partial charge in [-0.25, -0.2) is 17.8 Å². The van der Waals surface area contributed by atoms with Gasteiger partial charge in [0.1, 0.15) is 22.6 Å². The summed E-state index contributed by atoms with van der Waals surface area (Å²) in [4.78, 5) is 16.4. The lowest BCUT2D eigenvalue weighted by atomic mass is 10.1. The van der Waals surface area contributed by atoms with E-state index in [1.54, 1.807) is 42.6 Å². The lowest BCUT2D eigenvalue weighted by molar-refractivity contribution is -0.117. The fourth-order valence-corrected chi connectivity index (χ4v) is 3.98. The molecule has 0 saturated heterocycles. The van der Waals surface area contributed by atoms with Crippen LogP contribution < -0.4 is 10.0 Å². The summed E-state index contributed by atoms with van der Waals surface area (Å²) in [7, 11) is -4.26. The molecule has 3 aromatic rings. The first-order valence-corrected chi connectivity index (χ1v) is 10.4. The summed E-state index contributed by atoms with van der Waals surface area (Å²) in [6.07, 6.45) is 1.68. The second kappa shape index (κ2) is 8.93. The lowest BCUT2D eigenvalue weighted by Crippen LogP contribution is -2.45. The van der Waals surface area contributed by atoms with Crippen molar-refractivity contribution >= 4 is 21.7 Å². The predicted octanol–water partition coefficient (Wildman–Crippen LogP) is 3.06. The predicted molar refractivity (Wildman–Crippen MR) is 108 cm³/mol. The van der Waals surface area contributed by atoms with E-state index in [2.05, 4.69) is 15.0 Å². The largest absolute Gasteiger partial charge is 0.309 e. The molecule has 3 rings (SSSR count). The summed E-state index contributed by atoms with van der Waals surface area (Å²) in [5.41, 5.74) is 1.67. The maximum Gasteiger partial charge on any atom is 0.244 e. The molecule has 1 unspecified atom stereocenters. The van der Waals surface area contributed by atoms with E-state index in [1.807, 2.05) is 13.0 Å². The van der Waals surface area contributed by atoms with E-state index >= 15 is 0 Å². The summed E-state index contributed by atoms with van der Waals surface area (Å²) in [6.45, 7) is 1.86. The minimum atomic E-state index is -4.26. The van der Waals surface area contributed by atoms with Crippen molar-refractivity contribution in [3.8, 4) is 0 Å². The normalized spacial score (nSPS) is 12.3. The number of hydrogen-bond donors (Lipinski definition) is 2. The average molecular weight is 413 g/mol. The number of hydrogen-bond acceptors (Lipinski definition) is 4. The summed E-state index contributed by atoms with van der Waals surface area (Å²) in [5, 5.41) is 2.61. The molecule has 0 aliphatic carbocycles. The van der Waals surface area contributed by atoms with Crippen LogP contribution in [0.2, 0.25) is 0 Å². The summed E-state index contributed by atoms with van der Waals surface area (Å²) in [5.74, 6) is -1.19. The quantitative estimate of drug-likeness (QED) is 0.623. The summed E-state index contributed by atoms with van der Waals surface area (Å²) >= 11 is 0. The maximum absolute atomic E-state index is 14.0. The van der Waals surface area contributed by atoms with Gasteiger partial charge in [-0.3, -0.25) is 4.79 Å². The molecule has 1 amide bonds. The molecular formula is C21H20FN3O3S. The fourth-order valence-electron chi connectivity index (χ4n) is 2.71. The van der Waals surface area contributed by atoms with Gasteiger partial charge in [-0.15, -0.1) is 0 Å². The zero-order valence-electron chi connectivity index (χ0n) is 15.7. The smallest absolute Gasteiger partial charge is 0.244 e. The molecule has 0 aliphatic heterocycles. The monoisotopic (exact) mass is 413 g/mol. The Morgan fingerprint density at radius 3 is 2.38 bits per heavy atom. The highest BCUT2D eigenvalue weighted by molar-refractivity contribution is 7.89. The third-order valence-electron chi connectivity index (χ3n) is 4.19. The van der Waals surface area contributed by atoms with Crippen LogP contribution in [0, 0.1) is 12.7 Å². The van der Waals surface area contributed by atoms with Crippen LogP contribution in [-0.4, -0.2) is 25.4 Å². The van der Waals surface area contributed by atoms with Crippen LogP contribution in [0.3, 0.4) is 0 Å². The molecule has 0 spiro atoms. The molecule has 0 bridgehead atoms. The first-order chi connectivity index (χ1) is 13.8. The number of aryl methyl sites for hydroxylation is 1. The van der Waals surface area contributed by atoms with Crippen molar-refractivity contribution in [2.75, 3.05) is 5.32 Å². The highest BCUT2D eigenvalue weighted by Gasteiger charge is 2.28. The number of sulfonamides is 1. The van der Waals surface area contributed by atoms with E-state index < -0.39 is 32.7 Å². The van der Waals surface area contributed by atoms with Crippen LogP contribution in [-0.2, 0) is 21.2 Å². The molecule has 0 saturated carbocycles. The van der Waals surface area contributed by atoms with E-state index in [0.717, 1.165) is 23.3 Å². The molecule has 2 N–H and O–H groups in total. The molecule has 0 radical (unpaired) electrons. The minimum Gasteiger partial charge on any atom is -0.309 e. The topological polar surface area (TPSA) is 88.2 Å². The van der Waals surface area contributed by atoms with Crippen molar-refractivity contribution in [1.82, 2.24) is 9.71 Å². The number of carbonyl (C=O) groups is 1. The second-order valence-electron chi connectivity index (χ2n) is 6.50. The first-order valence-electron chi connectivity index (χ1n) is 8.89. The number of halogens is 1. The first kappa shape index (κ1) is 20.6. The number of nitrogens with zero attached hydrogens (tertiary/aromatic N) is 1. The van der Waals surface area contributed by atoms with Crippen molar-refractivity contribution in [3.05, 3.63) is 89.9 Å². The SMILES string of the molecule is Cc1ccc(NC(=O)C(Cc2ccccc2)NS(=O)(=O)c2ccccc2F)nc1. The van der Waals surface area contributed by atoms with Crippen molar-refractivity contribution in [3.63, 3.8) is 0 Å². The lowest BCUT2D eigenvalue weighted by Gasteiger charge is -2.19. The average Bonchev–Trinajstić information content (AvgIpc) is 2.70. The molecule has 0 fully saturated rings. The zero-order chi connectivity index (χ0) is 20.9. The van der Waals surface area contributed by atoms with Gasteiger partial charge >= 0.3 is 0 Å². The molecule has 0 aliphatic rings. The number of amides is 1. The number of carbonyl (C=O) groups excluding carboxylic acids is 1. The Hall–Kier alpha value is -3.10. The van der Waals surface area contributed by atoms with Crippen LogP contribution in [0.15, 0.2) is 77.8 Å². The van der Waals surface area contributed by atoms with Gasteiger partial charge in [0.2, 0.25) is 15.9 Å². The molecule has 1 aromatic heterocycles. The van der Waals surface area contributed by atoms with Crippen molar-refractivity contribution in [1.29, 1.82) is 0 Å². The number of nitrogens with one attached hydrogen (secondary N) is 2. The van der Waals surface area contributed by atoms with Gasteiger partial charge in [-0.05, 0) is 42.7 Å². The molecule has 1 atom stereocenters. The zero-order valence-corrected chi connectivity index (χ0v) is 16.5. The summed E-state index contributed by atoms with van der Waals surface area (Å²) < 4.78 is 41.8. The number of rotatable bonds is 7. The van der Waals surface area contributed by atoms with E-state index in [1.165, 1.54) is 12.1 Å². The van der Waals surface area contributed by atoms with E-state index in [0.29, 0.717) is 5.82 Å². The van der Waals surface area contributed by atoms with Crippen LogP contribution in [0.25, 0.3) is 0 Å². The van der Waals surface area contributed by atoms with Crippen molar-refractivity contribution in [2.45, 2.75) is 24.3 Å². The Bertz CT molecular complexity index is 1090. The molecule has 6 nitrogen and oxygen atoms in total. The molecule has 1 heterocycles. The highest BCUT2D eigenvalue weighted by Crippen LogP contribution is 2.16. The second-order valence-corrected chi connectivity index (χ2v) is 8.19. The molecule has 150 valence electrons. The fraction of sp³-hybridized carbons (Fsp3) is 0.143. The maximum atomic E-state index is 14.0. The molecular weight excluding hydrogens is 393 g/mol. The van der Waals surface area contributed by atoms with Gasteiger partial charge in [-0.1, -0.05) is 48.5 Å². The number of anilines is 1. The van der Waals surface area contributed by atoms with Crippen molar-refractivity contribution < 1.29 is 17.6 Å². The Kier molecular flexibility index (Phi) is 6.36. The van der Waals surface area contributed by atoms with E-state index in [9.17, 15) is 17.6 Å². The van der Waals surface area contributed by atoms with E-state index in [-0.39, 0.29) is 6.42 Å². The van der Waals surface area contributed by atoms with Crippen LogP contribution in [0.4, 0.5) is 10.2 Å². The van der Waals surface area contributed by atoms with Crippen molar-refractivity contribution in [2.24, 2.45) is 0 Å². The van der Waals surface area contributed by atoms with Gasteiger partial charge < -0.3 is 5.32 Å². The Labute approximate surface area is 168 Å². The molecule has 8 heteroatoms. The van der Waals surface area contributed by atoms with Gasteiger partial charge in [0.25, 0.3) is 0 Å². The van der Waals surface area contributed by atoms with E-state index in [4.69, 9.17) is 0 Å². The highest BCUT2D eigenvalue weighted by atomic mass is 32.2.